The molecule has 4 nitrogen and oxygen atoms in total. The van der Waals surface area contributed by atoms with E-state index in [2.05, 4.69) is 21.6 Å². The molecule has 0 saturated heterocycles. The summed E-state index contributed by atoms with van der Waals surface area (Å²) in [5.74, 6) is 1.44. The van der Waals surface area contributed by atoms with Gasteiger partial charge in [0.25, 0.3) is 0 Å². The maximum Gasteiger partial charge on any atom is 0.147 e. The van der Waals surface area contributed by atoms with Crippen molar-refractivity contribution in [2.45, 2.75) is 45.1 Å². The van der Waals surface area contributed by atoms with E-state index in [1.54, 1.807) is 6.20 Å². The average Bonchev–Trinajstić information content (AvgIpc) is 2.72. The van der Waals surface area contributed by atoms with E-state index in [-0.39, 0.29) is 0 Å². The number of hydrogen-bond acceptors (Lipinski definition) is 5. The number of aromatic nitrogens is 2. The van der Waals surface area contributed by atoms with Crippen molar-refractivity contribution in [3.8, 4) is 11.1 Å². The van der Waals surface area contributed by atoms with Crippen molar-refractivity contribution in [3.63, 3.8) is 0 Å². The molecule has 3 rings (SSSR count). The Morgan fingerprint density at radius 2 is 2.19 bits per heavy atom. The summed E-state index contributed by atoms with van der Waals surface area (Å²) in [7, 11) is 0. The number of pyridine rings is 1. The lowest BCUT2D eigenvalue weighted by molar-refractivity contribution is 0.502. The van der Waals surface area contributed by atoms with Crippen LogP contribution in [-0.2, 0) is 0 Å². The molecule has 0 aromatic carbocycles. The Bertz CT molecular complexity index is 581. The molecular weight excluding hydrogens is 280 g/mol. The first kappa shape index (κ1) is 14.3. The predicted molar refractivity (Wildman–Crippen MR) is 89.4 cm³/mol. The van der Waals surface area contributed by atoms with E-state index in [0.717, 1.165) is 22.0 Å². The average molecular weight is 302 g/mol. The summed E-state index contributed by atoms with van der Waals surface area (Å²) in [5, 5.41) is 4.76. The van der Waals surface area contributed by atoms with Gasteiger partial charge in [-0.25, -0.2) is 0 Å². The number of anilines is 2. The maximum atomic E-state index is 6.06. The minimum atomic E-state index is 0.533. The van der Waals surface area contributed by atoms with Crippen LogP contribution in [-0.4, -0.2) is 15.4 Å². The van der Waals surface area contributed by atoms with E-state index in [9.17, 15) is 0 Å². The van der Waals surface area contributed by atoms with Crippen LogP contribution in [0.1, 0.15) is 39.0 Å². The fraction of sp³-hybridized carbons (Fsp3) is 0.500. The van der Waals surface area contributed by atoms with Crippen molar-refractivity contribution in [2.75, 3.05) is 11.1 Å². The lowest BCUT2D eigenvalue weighted by Crippen LogP contribution is -2.18. The minimum Gasteiger partial charge on any atom is -0.382 e. The third-order valence-corrected chi connectivity index (χ3v) is 5.05. The summed E-state index contributed by atoms with van der Waals surface area (Å²) in [6, 6.07) is 4.50. The number of hydrogen-bond donors (Lipinski definition) is 2. The normalized spacial score (nSPS) is 22.7. The molecule has 5 heteroatoms. The zero-order valence-corrected chi connectivity index (χ0v) is 13.2. The molecule has 2 aromatic heterocycles. The van der Waals surface area contributed by atoms with Crippen molar-refractivity contribution >= 4 is 22.4 Å². The number of nitrogens with zero attached hydrogens (tertiary/aromatic N) is 2. The second kappa shape index (κ2) is 6.43. The Morgan fingerprint density at radius 1 is 1.29 bits per heavy atom. The van der Waals surface area contributed by atoms with Crippen LogP contribution >= 0.6 is 11.5 Å². The van der Waals surface area contributed by atoms with Crippen LogP contribution in [0.25, 0.3) is 11.1 Å². The van der Waals surface area contributed by atoms with Crippen LogP contribution in [0.5, 0.6) is 0 Å². The van der Waals surface area contributed by atoms with Gasteiger partial charge in [-0.05, 0) is 42.8 Å². The highest BCUT2D eigenvalue weighted by Crippen LogP contribution is 2.37. The second-order valence-electron chi connectivity index (χ2n) is 5.97. The molecule has 2 atom stereocenters. The van der Waals surface area contributed by atoms with E-state index in [1.807, 2.05) is 18.3 Å². The quantitative estimate of drug-likeness (QED) is 0.835. The maximum absolute atomic E-state index is 6.06. The van der Waals surface area contributed by atoms with Gasteiger partial charge in [-0.3, -0.25) is 4.98 Å². The van der Waals surface area contributed by atoms with Gasteiger partial charge in [0.2, 0.25) is 0 Å². The summed E-state index contributed by atoms with van der Waals surface area (Å²) >= 11 is 1.46. The van der Waals surface area contributed by atoms with Crippen molar-refractivity contribution in [2.24, 2.45) is 5.92 Å². The Morgan fingerprint density at radius 3 is 3.00 bits per heavy atom. The molecule has 2 unspecified atom stereocenters. The summed E-state index contributed by atoms with van der Waals surface area (Å²) < 4.78 is 4.33. The lowest BCUT2D eigenvalue weighted by atomic mass is 10.0. The Hall–Kier alpha value is -1.62. The largest absolute Gasteiger partial charge is 0.382 e. The van der Waals surface area contributed by atoms with Gasteiger partial charge in [-0.15, -0.1) is 0 Å². The first-order valence-electron chi connectivity index (χ1n) is 7.66. The van der Waals surface area contributed by atoms with Crippen LogP contribution in [0.4, 0.5) is 10.8 Å². The van der Waals surface area contributed by atoms with E-state index in [4.69, 9.17) is 5.73 Å². The van der Waals surface area contributed by atoms with Crippen molar-refractivity contribution < 1.29 is 0 Å². The molecule has 0 spiro atoms. The molecule has 0 bridgehead atoms. The van der Waals surface area contributed by atoms with Crippen molar-refractivity contribution in [1.82, 2.24) is 9.36 Å². The molecule has 1 aliphatic rings. The van der Waals surface area contributed by atoms with Gasteiger partial charge in [0.05, 0.1) is 5.56 Å². The second-order valence-corrected chi connectivity index (χ2v) is 6.74. The van der Waals surface area contributed by atoms with Crippen molar-refractivity contribution in [3.05, 3.63) is 24.5 Å². The monoisotopic (exact) mass is 302 g/mol. The van der Waals surface area contributed by atoms with Gasteiger partial charge in [0, 0.05) is 24.0 Å². The highest BCUT2D eigenvalue weighted by Gasteiger charge is 2.20. The van der Waals surface area contributed by atoms with Gasteiger partial charge >= 0.3 is 0 Å². The number of nitrogens with two attached hydrogens (primary N) is 1. The van der Waals surface area contributed by atoms with E-state index in [0.29, 0.717) is 11.9 Å². The van der Waals surface area contributed by atoms with Crippen molar-refractivity contribution in [1.29, 1.82) is 0 Å². The Balaban J connectivity index is 1.80. The molecule has 0 amide bonds. The number of nitrogen functional groups attached to an aromatic ring is 1. The molecule has 1 aliphatic carbocycles. The van der Waals surface area contributed by atoms with Crippen LogP contribution < -0.4 is 11.1 Å². The third kappa shape index (κ3) is 3.35. The Kier molecular flexibility index (Phi) is 4.39. The van der Waals surface area contributed by atoms with Gasteiger partial charge in [-0.2, -0.15) is 4.37 Å². The number of nitrogens with one attached hydrogen (secondary N) is 1. The first-order valence-corrected chi connectivity index (χ1v) is 8.43. The smallest absolute Gasteiger partial charge is 0.147 e. The highest BCUT2D eigenvalue weighted by atomic mass is 32.1. The topological polar surface area (TPSA) is 63.8 Å². The number of rotatable bonds is 3. The molecule has 112 valence electrons. The zero-order valence-electron chi connectivity index (χ0n) is 12.4. The van der Waals surface area contributed by atoms with Crippen LogP contribution in [0.3, 0.4) is 0 Å². The fourth-order valence-electron chi connectivity index (χ4n) is 3.01. The molecule has 0 radical (unpaired) electrons. The van der Waals surface area contributed by atoms with Gasteiger partial charge in [0.15, 0.2) is 0 Å². The first-order chi connectivity index (χ1) is 10.2. The van der Waals surface area contributed by atoms with E-state index >= 15 is 0 Å². The fourth-order valence-corrected chi connectivity index (χ4v) is 3.82. The van der Waals surface area contributed by atoms with Crippen LogP contribution in [0, 0.1) is 5.92 Å². The predicted octanol–water partition coefficient (Wildman–Crippen LogP) is 4.17. The van der Waals surface area contributed by atoms with Crippen LogP contribution in [0.2, 0.25) is 0 Å². The molecule has 21 heavy (non-hydrogen) atoms. The Labute approximate surface area is 130 Å². The lowest BCUT2D eigenvalue weighted by Gasteiger charge is -2.17. The molecule has 3 N–H and O–H groups in total. The van der Waals surface area contributed by atoms with E-state index < -0.39 is 0 Å². The van der Waals surface area contributed by atoms with Gasteiger partial charge in [-0.1, -0.05) is 25.8 Å². The molecule has 2 heterocycles. The summed E-state index contributed by atoms with van der Waals surface area (Å²) in [6.45, 7) is 2.36. The molecular formula is C16H22N4S. The summed E-state index contributed by atoms with van der Waals surface area (Å²) in [4.78, 5) is 4.19. The SMILES string of the molecule is CC1CCCC(Nc2snc(N)c2-c2cccnc2)CC1. The summed E-state index contributed by atoms with van der Waals surface area (Å²) in [5.41, 5.74) is 8.10. The summed E-state index contributed by atoms with van der Waals surface area (Å²) in [6.07, 6.45) is 10.0. The molecule has 2 aromatic rings. The van der Waals surface area contributed by atoms with E-state index in [1.165, 1.54) is 43.6 Å². The zero-order chi connectivity index (χ0) is 14.7. The molecule has 1 saturated carbocycles. The molecule has 0 aliphatic heterocycles. The molecule has 1 fully saturated rings. The van der Waals surface area contributed by atoms with Gasteiger partial charge in [0.1, 0.15) is 10.8 Å². The third-order valence-electron chi connectivity index (χ3n) is 4.26. The standard InChI is InChI=1S/C16H22N4S/c1-11-4-2-6-13(8-7-11)19-16-14(15(17)20-21-16)12-5-3-9-18-10-12/h3,5,9-11,13,19H,2,4,6-8H2,1H3,(H2,17,20). The minimum absolute atomic E-state index is 0.533. The highest BCUT2D eigenvalue weighted by molar-refractivity contribution is 7.11. The van der Waals surface area contributed by atoms with Gasteiger partial charge < -0.3 is 11.1 Å². The van der Waals surface area contributed by atoms with Crippen LogP contribution in [0.15, 0.2) is 24.5 Å².